The summed E-state index contributed by atoms with van der Waals surface area (Å²) < 4.78 is 15.5. The predicted octanol–water partition coefficient (Wildman–Crippen LogP) is 3.21. The third kappa shape index (κ3) is 5.81. The third-order valence-electron chi connectivity index (χ3n) is 3.74. The number of benzene rings is 1. The Morgan fingerprint density at radius 1 is 1.16 bits per heavy atom. The van der Waals surface area contributed by atoms with E-state index >= 15 is 0 Å². The highest BCUT2D eigenvalue weighted by Gasteiger charge is 2.22. The van der Waals surface area contributed by atoms with Crippen molar-refractivity contribution in [2.75, 3.05) is 25.1 Å². The molecule has 0 amide bonds. The molecule has 2 rings (SSSR count). The Hall–Kier alpha value is -2.50. The van der Waals surface area contributed by atoms with Gasteiger partial charge in [-0.1, -0.05) is 0 Å². The van der Waals surface area contributed by atoms with Gasteiger partial charge in [-0.25, -0.2) is 9.59 Å². The number of anilines is 1. The van der Waals surface area contributed by atoms with Crippen LogP contribution in [0.5, 0.6) is 5.75 Å². The highest BCUT2D eigenvalue weighted by Crippen LogP contribution is 2.30. The topological polar surface area (TPSA) is 73.9 Å². The lowest BCUT2D eigenvalue weighted by Gasteiger charge is -2.11. The highest BCUT2D eigenvalue weighted by atomic mass is 16.6. The number of esters is 2. The summed E-state index contributed by atoms with van der Waals surface area (Å²) in [7, 11) is 0. The summed E-state index contributed by atoms with van der Waals surface area (Å²) in [6.45, 7) is 6.40. The summed E-state index contributed by atoms with van der Waals surface area (Å²) in [6, 6.07) is 5.63. The van der Waals surface area contributed by atoms with Gasteiger partial charge in [0.05, 0.1) is 19.8 Å². The second-order valence-corrected chi connectivity index (χ2v) is 5.87. The van der Waals surface area contributed by atoms with Gasteiger partial charge in [0, 0.05) is 11.9 Å². The van der Waals surface area contributed by atoms with E-state index in [2.05, 4.69) is 5.32 Å². The summed E-state index contributed by atoms with van der Waals surface area (Å²) in [5.41, 5.74) is 1.54. The lowest BCUT2D eigenvalue weighted by molar-refractivity contribution is -0.146. The molecule has 136 valence electrons. The van der Waals surface area contributed by atoms with E-state index in [1.54, 1.807) is 13.8 Å². The van der Waals surface area contributed by atoms with Crippen LogP contribution in [0.1, 0.15) is 32.3 Å². The predicted molar refractivity (Wildman–Crippen MR) is 94.4 cm³/mol. The molecule has 1 aromatic carbocycles. The first-order valence-corrected chi connectivity index (χ1v) is 8.59. The summed E-state index contributed by atoms with van der Waals surface area (Å²) in [4.78, 5) is 23.8. The maximum Gasteiger partial charge on any atom is 0.347 e. The minimum absolute atomic E-state index is 0.169. The van der Waals surface area contributed by atoms with Crippen molar-refractivity contribution in [2.24, 2.45) is 5.92 Å². The first-order chi connectivity index (χ1) is 12.0. The number of aryl methyl sites for hydroxylation is 1. The molecule has 0 spiro atoms. The fraction of sp³-hybridized carbons (Fsp3) is 0.474. The number of hydrogen-bond donors (Lipinski definition) is 1. The minimum atomic E-state index is -0.713. The van der Waals surface area contributed by atoms with Gasteiger partial charge in [-0.05, 0) is 63.3 Å². The number of hydrogen-bond acceptors (Lipinski definition) is 6. The lowest BCUT2D eigenvalue weighted by Crippen LogP contribution is -2.19. The molecule has 1 aliphatic carbocycles. The van der Waals surface area contributed by atoms with E-state index in [0.717, 1.165) is 23.6 Å². The molecule has 0 heterocycles. The molecular formula is C19H25NO5. The maximum absolute atomic E-state index is 11.9. The zero-order valence-corrected chi connectivity index (χ0v) is 15.0. The lowest BCUT2D eigenvalue weighted by atomic mass is 10.2. The Morgan fingerprint density at radius 3 is 2.32 bits per heavy atom. The molecule has 1 N–H and O–H groups in total. The van der Waals surface area contributed by atoms with E-state index in [0.29, 0.717) is 5.92 Å². The van der Waals surface area contributed by atoms with Crippen LogP contribution in [0.2, 0.25) is 0 Å². The second-order valence-electron chi connectivity index (χ2n) is 5.87. The molecule has 25 heavy (non-hydrogen) atoms. The molecule has 1 saturated carbocycles. The number of nitrogens with one attached hydrogen (secondary N) is 1. The molecule has 1 aliphatic rings. The van der Waals surface area contributed by atoms with Crippen molar-refractivity contribution < 1.29 is 23.8 Å². The number of rotatable bonds is 9. The normalized spacial score (nSPS) is 12.9. The van der Waals surface area contributed by atoms with E-state index in [1.165, 1.54) is 19.0 Å². The molecule has 6 nitrogen and oxygen atoms in total. The fourth-order valence-corrected chi connectivity index (χ4v) is 2.16. The zero-order valence-electron chi connectivity index (χ0n) is 15.0. The van der Waals surface area contributed by atoms with Gasteiger partial charge < -0.3 is 19.5 Å². The van der Waals surface area contributed by atoms with Crippen LogP contribution in [0.3, 0.4) is 0 Å². The van der Waals surface area contributed by atoms with E-state index in [1.807, 2.05) is 25.1 Å². The maximum atomic E-state index is 11.9. The summed E-state index contributed by atoms with van der Waals surface area (Å²) >= 11 is 0. The summed E-state index contributed by atoms with van der Waals surface area (Å²) in [5.74, 6) is 0.0821. The van der Waals surface area contributed by atoms with Crippen LogP contribution >= 0.6 is 0 Å². The van der Waals surface area contributed by atoms with Crippen molar-refractivity contribution in [1.29, 1.82) is 0 Å². The molecule has 0 atom stereocenters. The Bertz CT molecular complexity index is 629. The Labute approximate surface area is 148 Å². The van der Waals surface area contributed by atoms with Crippen LogP contribution in [0.15, 0.2) is 30.0 Å². The van der Waals surface area contributed by atoms with Crippen molar-refractivity contribution >= 4 is 17.6 Å². The third-order valence-corrected chi connectivity index (χ3v) is 3.74. The molecule has 0 aromatic heterocycles. The molecule has 0 radical (unpaired) electrons. The van der Waals surface area contributed by atoms with E-state index in [-0.39, 0.29) is 18.8 Å². The van der Waals surface area contributed by atoms with Crippen LogP contribution < -0.4 is 10.1 Å². The quantitative estimate of drug-likeness (QED) is 0.320. The molecule has 0 unspecified atom stereocenters. The van der Waals surface area contributed by atoms with Crippen LogP contribution in [-0.2, 0) is 19.1 Å². The Kier molecular flexibility index (Phi) is 6.86. The Balaban J connectivity index is 2.06. The molecule has 0 saturated heterocycles. The number of carbonyl (C=O) groups excluding carboxylic acids is 2. The van der Waals surface area contributed by atoms with Crippen molar-refractivity contribution in [1.82, 2.24) is 0 Å². The van der Waals surface area contributed by atoms with E-state index in [4.69, 9.17) is 14.2 Å². The number of carbonyl (C=O) groups is 2. The summed E-state index contributed by atoms with van der Waals surface area (Å²) in [5, 5.41) is 2.98. The van der Waals surface area contributed by atoms with Crippen LogP contribution in [-0.4, -0.2) is 31.8 Å². The standard InChI is InChI=1S/C19H25NO5/c1-4-23-18(21)16(19(22)24-5-2)11-20-17-9-8-15(10-13(17)3)25-12-14-6-7-14/h8-11,14,20H,4-7,12H2,1-3H3. The molecule has 0 bridgehead atoms. The summed E-state index contributed by atoms with van der Waals surface area (Å²) in [6.07, 6.45) is 3.81. The zero-order chi connectivity index (χ0) is 18.2. The fourth-order valence-electron chi connectivity index (χ4n) is 2.16. The van der Waals surface area contributed by atoms with Gasteiger partial charge in [-0.3, -0.25) is 0 Å². The molecule has 1 aromatic rings. The van der Waals surface area contributed by atoms with E-state index < -0.39 is 11.9 Å². The molecule has 0 aliphatic heterocycles. The first kappa shape index (κ1) is 18.8. The number of ether oxygens (including phenoxy) is 3. The Morgan fingerprint density at radius 2 is 1.80 bits per heavy atom. The van der Waals surface area contributed by atoms with Crippen molar-refractivity contribution in [2.45, 2.75) is 33.6 Å². The van der Waals surface area contributed by atoms with Crippen LogP contribution in [0.4, 0.5) is 5.69 Å². The largest absolute Gasteiger partial charge is 0.493 e. The van der Waals surface area contributed by atoms with Gasteiger partial charge in [0.1, 0.15) is 5.75 Å². The van der Waals surface area contributed by atoms with E-state index in [9.17, 15) is 9.59 Å². The van der Waals surface area contributed by atoms with Gasteiger partial charge in [-0.15, -0.1) is 0 Å². The highest BCUT2D eigenvalue weighted by molar-refractivity contribution is 6.14. The van der Waals surface area contributed by atoms with Gasteiger partial charge in [-0.2, -0.15) is 0 Å². The van der Waals surface area contributed by atoms with Crippen molar-refractivity contribution in [3.8, 4) is 5.75 Å². The van der Waals surface area contributed by atoms with Gasteiger partial charge in [0.2, 0.25) is 0 Å². The van der Waals surface area contributed by atoms with Gasteiger partial charge >= 0.3 is 11.9 Å². The smallest absolute Gasteiger partial charge is 0.347 e. The first-order valence-electron chi connectivity index (χ1n) is 8.59. The average Bonchev–Trinajstić information content (AvgIpc) is 3.39. The SMILES string of the molecule is CCOC(=O)C(=CNc1ccc(OCC2CC2)cc1C)C(=O)OCC. The van der Waals surface area contributed by atoms with Crippen LogP contribution in [0, 0.1) is 12.8 Å². The molecular weight excluding hydrogens is 322 g/mol. The average molecular weight is 347 g/mol. The minimum Gasteiger partial charge on any atom is -0.493 e. The van der Waals surface area contributed by atoms with Crippen LogP contribution in [0.25, 0.3) is 0 Å². The molecule has 1 fully saturated rings. The van der Waals surface area contributed by atoms with Gasteiger partial charge in [0.25, 0.3) is 0 Å². The molecule has 6 heteroatoms. The monoisotopic (exact) mass is 347 g/mol. The van der Waals surface area contributed by atoms with Crippen molar-refractivity contribution in [3.63, 3.8) is 0 Å². The van der Waals surface area contributed by atoms with Crippen molar-refractivity contribution in [3.05, 3.63) is 35.5 Å². The second kappa shape index (κ2) is 9.11. The van der Waals surface area contributed by atoms with Gasteiger partial charge in [0.15, 0.2) is 5.57 Å².